The molecule has 2 aliphatic heterocycles. The van der Waals surface area contributed by atoms with E-state index in [4.69, 9.17) is 4.42 Å². The first-order chi connectivity index (χ1) is 12.1. The van der Waals surface area contributed by atoms with Crippen LogP contribution in [0.3, 0.4) is 0 Å². The van der Waals surface area contributed by atoms with Crippen LogP contribution in [0.1, 0.15) is 41.1 Å². The zero-order chi connectivity index (χ0) is 19.1. The van der Waals surface area contributed by atoms with E-state index in [1.807, 2.05) is 16.7 Å². The van der Waals surface area contributed by atoms with Crippen molar-refractivity contribution in [3.63, 3.8) is 0 Å². The van der Waals surface area contributed by atoms with Gasteiger partial charge in [-0.1, -0.05) is 0 Å². The summed E-state index contributed by atoms with van der Waals surface area (Å²) in [6, 6.07) is 1.85. The van der Waals surface area contributed by atoms with E-state index in [2.05, 4.69) is 0 Å². The lowest BCUT2D eigenvalue weighted by Crippen LogP contribution is -2.47. The fourth-order valence-corrected chi connectivity index (χ4v) is 5.17. The molecule has 0 saturated carbocycles. The fraction of sp³-hybridized carbons (Fsp3) is 0.667. The number of hydrogen-bond acceptors (Lipinski definition) is 5. The van der Waals surface area contributed by atoms with Crippen molar-refractivity contribution < 1.29 is 22.4 Å². The van der Waals surface area contributed by atoms with Crippen LogP contribution in [-0.2, 0) is 14.6 Å². The van der Waals surface area contributed by atoms with Gasteiger partial charge in [0, 0.05) is 38.4 Å². The van der Waals surface area contributed by atoms with Crippen molar-refractivity contribution in [2.75, 3.05) is 31.6 Å². The maximum Gasteiger partial charge on any atom is 0.257 e. The Hall–Kier alpha value is -1.83. The van der Waals surface area contributed by atoms with E-state index in [-0.39, 0.29) is 29.5 Å². The minimum Gasteiger partial charge on any atom is -0.466 e. The summed E-state index contributed by atoms with van der Waals surface area (Å²) in [5, 5.41) is 0. The van der Waals surface area contributed by atoms with Crippen molar-refractivity contribution in [2.45, 2.75) is 39.2 Å². The van der Waals surface area contributed by atoms with E-state index >= 15 is 0 Å². The highest BCUT2D eigenvalue weighted by molar-refractivity contribution is 7.90. The molecule has 2 aliphatic rings. The molecule has 0 aromatic carbocycles. The third-order valence-corrected chi connectivity index (χ3v) is 6.32. The van der Waals surface area contributed by atoms with Crippen molar-refractivity contribution in [1.82, 2.24) is 9.80 Å². The van der Waals surface area contributed by atoms with Crippen LogP contribution < -0.4 is 0 Å². The van der Waals surface area contributed by atoms with Crippen LogP contribution in [0, 0.1) is 19.8 Å². The molecule has 8 heteroatoms. The Morgan fingerprint density at radius 1 is 1.27 bits per heavy atom. The molecule has 0 spiro atoms. The lowest BCUT2D eigenvalue weighted by Gasteiger charge is -2.36. The second-order valence-corrected chi connectivity index (χ2v) is 9.74. The molecule has 26 heavy (non-hydrogen) atoms. The molecule has 2 saturated heterocycles. The lowest BCUT2D eigenvalue weighted by atomic mass is 10.0. The second kappa shape index (κ2) is 7.06. The van der Waals surface area contributed by atoms with Crippen LogP contribution >= 0.6 is 0 Å². The highest BCUT2D eigenvalue weighted by atomic mass is 32.2. The molecule has 0 bridgehead atoms. The molecule has 2 fully saturated rings. The molecule has 1 aromatic heterocycles. The van der Waals surface area contributed by atoms with Crippen LogP contribution in [-0.4, -0.2) is 67.7 Å². The zero-order valence-corrected chi connectivity index (χ0v) is 16.3. The number of likely N-dealkylation sites (tertiary alicyclic amines) is 2. The maximum absolute atomic E-state index is 12.7. The van der Waals surface area contributed by atoms with Crippen LogP contribution in [0.15, 0.2) is 10.5 Å². The highest BCUT2D eigenvalue weighted by Gasteiger charge is 2.37. The standard InChI is InChI=1S/C18H26N2O5S/c1-12-8-16(13(2)25-12)18(22)19-6-4-15(5-7-19)20-10-14(9-17(20)21)11-26(3,23)24/h8,14-15H,4-7,9-11H2,1-3H3. The largest absolute Gasteiger partial charge is 0.466 e. The Morgan fingerprint density at radius 3 is 2.46 bits per heavy atom. The SMILES string of the molecule is Cc1cc(C(=O)N2CCC(N3CC(CS(C)(=O)=O)CC3=O)CC2)c(C)o1. The number of carbonyl (C=O) groups excluding carboxylic acids is 2. The van der Waals surface area contributed by atoms with Gasteiger partial charge in [0.05, 0.1) is 11.3 Å². The molecular weight excluding hydrogens is 356 g/mol. The molecule has 3 heterocycles. The van der Waals surface area contributed by atoms with Gasteiger partial charge in [0.15, 0.2) is 0 Å². The number of sulfone groups is 1. The van der Waals surface area contributed by atoms with Gasteiger partial charge in [0.1, 0.15) is 21.4 Å². The predicted molar refractivity (Wildman–Crippen MR) is 96.6 cm³/mol. The van der Waals surface area contributed by atoms with Crippen molar-refractivity contribution in [1.29, 1.82) is 0 Å². The van der Waals surface area contributed by atoms with Gasteiger partial charge in [-0.25, -0.2) is 8.42 Å². The smallest absolute Gasteiger partial charge is 0.257 e. The summed E-state index contributed by atoms with van der Waals surface area (Å²) in [6.07, 6.45) is 2.96. The van der Waals surface area contributed by atoms with Crippen LogP contribution in [0.25, 0.3) is 0 Å². The number of furan rings is 1. The fourth-order valence-electron chi connectivity index (χ4n) is 4.10. The molecule has 3 rings (SSSR count). The summed E-state index contributed by atoms with van der Waals surface area (Å²) in [6.45, 7) is 5.30. The summed E-state index contributed by atoms with van der Waals surface area (Å²) >= 11 is 0. The van der Waals surface area contributed by atoms with Crippen molar-refractivity contribution in [3.05, 3.63) is 23.2 Å². The van der Waals surface area contributed by atoms with Gasteiger partial charge < -0.3 is 14.2 Å². The Kier molecular flexibility index (Phi) is 5.14. The van der Waals surface area contributed by atoms with Gasteiger partial charge in [-0.2, -0.15) is 0 Å². The Morgan fingerprint density at radius 2 is 1.92 bits per heavy atom. The first-order valence-corrected chi connectivity index (χ1v) is 11.0. The van der Waals surface area contributed by atoms with Crippen molar-refractivity contribution >= 4 is 21.7 Å². The average Bonchev–Trinajstić information content (AvgIpc) is 3.06. The zero-order valence-electron chi connectivity index (χ0n) is 15.5. The quantitative estimate of drug-likeness (QED) is 0.785. The van der Waals surface area contributed by atoms with Crippen LogP contribution in [0.4, 0.5) is 0 Å². The lowest BCUT2D eigenvalue weighted by molar-refractivity contribution is -0.130. The number of hydrogen-bond donors (Lipinski definition) is 0. The summed E-state index contributed by atoms with van der Waals surface area (Å²) in [4.78, 5) is 28.6. The Labute approximate surface area is 154 Å². The van der Waals surface area contributed by atoms with Gasteiger partial charge in [-0.15, -0.1) is 0 Å². The number of aryl methyl sites for hydroxylation is 2. The number of carbonyl (C=O) groups is 2. The predicted octanol–water partition coefficient (Wildman–Crippen LogP) is 1.39. The van der Waals surface area contributed by atoms with Crippen molar-refractivity contribution in [3.8, 4) is 0 Å². The highest BCUT2D eigenvalue weighted by Crippen LogP contribution is 2.27. The average molecular weight is 382 g/mol. The number of nitrogens with zero attached hydrogens (tertiary/aromatic N) is 2. The van der Waals surface area contributed by atoms with E-state index in [1.165, 1.54) is 6.26 Å². The van der Waals surface area contributed by atoms with Crippen molar-refractivity contribution in [2.24, 2.45) is 5.92 Å². The normalized spacial score (nSPS) is 22.3. The van der Waals surface area contributed by atoms with Gasteiger partial charge in [-0.3, -0.25) is 9.59 Å². The Balaban J connectivity index is 1.58. The third-order valence-electron chi connectivity index (χ3n) is 5.24. The maximum atomic E-state index is 12.7. The molecule has 144 valence electrons. The minimum absolute atomic E-state index is 0.0273. The number of amides is 2. The van der Waals surface area contributed by atoms with E-state index in [0.717, 1.165) is 18.6 Å². The Bertz CT molecular complexity index is 806. The molecule has 2 amide bonds. The first kappa shape index (κ1) is 18.9. The second-order valence-electron chi connectivity index (χ2n) is 7.56. The van der Waals surface area contributed by atoms with E-state index in [1.54, 1.807) is 13.0 Å². The molecule has 0 radical (unpaired) electrons. The van der Waals surface area contributed by atoms with Crippen LogP contribution in [0.5, 0.6) is 0 Å². The van der Waals surface area contributed by atoms with Gasteiger partial charge in [0.25, 0.3) is 5.91 Å². The number of piperidine rings is 1. The monoisotopic (exact) mass is 382 g/mol. The summed E-state index contributed by atoms with van der Waals surface area (Å²) in [7, 11) is -3.08. The molecule has 1 aromatic rings. The molecular formula is C18H26N2O5S. The summed E-state index contributed by atoms with van der Waals surface area (Å²) < 4.78 is 28.4. The number of rotatable bonds is 4. The molecule has 0 N–H and O–H groups in total. The van der Waals surface area contributed by atoms with E-state index < -0.39 is 9.84 Å². The first-order valence-electron chi connectivity index (χ1n) is 8.97. The molecule has 0 aliphatic carbocycles. The minimum atomic E-state index is -3.08. The van der Waals surface area contributed by atoms with Gasteiger partial charge >= 0.3 is 0 Å². The summed E-state index contributed by atoms with van der Waals surface area (Å²) in [5.74, 6) is 1.30. The third kappa shape index (κ3) is 4.11. The topological polar surface area (TPSA) is 87.9 Å². The molecule has 1 atom stereocenters. The van der Waals surface area contributed by atoms with Gasteiger partial charge in [0.2, 0.25) is 5.91 Å². The molecule has 1 unspecified atom stereocenters. The van der Waals surface area contributed by atoms with E-state index in [0.29, 0.717) is 37.4 Å². The summed E-state index contributed by atoms with van der Waals surface area (Å²) in [5.41, 5.74) is 0.603. The molecule has 7 nitrogen and oxygen atoms in total. The van der Waals surface area contributed by atoms with Crippen LogP contribution in [0.2, 0.25) is 0 Å². The van der Waals surface area contributed by atoms with Gasteiger partial charge in [-0.05, 0) is 38.7 Å². The van der Waals surface area contributed by atoms with E-state index in [9.17, 15) is 18.0 Å².